The van der Waals surface area contributed by atoms with Gasteiger partial charge in [0.25, 0.3) is 0 Å². The number of pyridine rings is 1. The molecule has 0 bridgehead atoms. The van der Waals surface area contributed by atoms with E-state index in [0.717, 1.165) is 6.07 Å². The summed E-state index contributed by atoms with van der Waals surface area (Å²) in [7, 11) is 0. The van der Waals surface area contributed by atoms with Gasteiger partial charge in [-0.1, -0.05) is 11.6 Å². The van der Waals surface area contributed by atoms with Crippen LogP contribution in [0.3, 0.4) is 0 Å². The van der Waals surface area contributed by atoms with E-state index in [2.05, 4.69) is 4.98 Å². The minimum Gasteiger partial charge on any atom is -0.478 e. The molecule has 1 heterocycles. The van der Waals surface area contributed by atoms with Crippen LogP contribution >= 0.6 is 11.6 Å². The quantitative estimate of drug-likeness (QED) is 0.904. The third-order valence-electron chi connectivity index (χ3n) is 2.29. The summed E-state index contributed by atoms with van der Waals surface area (Å²) in [5.41, 5.74) is 5.34. The SMILES string of the molecule is Nc1c(C(=O)O)ccnc1Oc1ccc(Cl)c(F)c1. The zero-order valence-corrected chi connectivity index (χ0v) is 10.2. The molecule has 0 fully saturated rings. The predicted molar refractivity (Wildman–Crippen MR) is 67.1 cm³/mol. The van der Waals surface area contributed by atoms with Crippen LogP contribution in [-0.2, 0) is 0 Å². The summed E-state index contributed by atoms with van der Waals surface area (Å²) < 4.78 is 18.5. The number of aromatic carboxylic acids is 1. The van der Waals surface area contributed by atoms with Crippen LogP contribution < -0.4 is 10.5 Å². The van der Waals surface area contributed by atoms with Crippen molar-refractivity contribution in [1.82, 2.24) is 4.98 Å². The van der Waals surface area contributed by atoms with E-state index in [1.54, 1.807) is 0 Å². The average molecular weight is 283 g/mol. The van der Waals surface area contributed by atoms with E-state index in [1.807, 2.05) is 0 Å². The van der Waals surface area contributed by atoms with Crippen LogP contribution in [0, 0.1) is 5.82 Å². The van der Waals surface area contributed by atoms with Gasteiger partial charge in [-0.15, -0.1) is 0 Å². The van der Waals surface area contributed by atoms with Crippen molar-refractivity contribution in [2.45, 2.75) is 0 Å². The number of benzene rings is 1. The van der Waals surface area contributed by atoms with Crippen molar-refractivity contribution in [2.24, 2.45) is 0 Å². The summed E-state index contributed by atoms with van der Waals surface area (Å²) in [5, 5.41) is 8.85. The first kappa shape index (κ1) is 13.1. The van der Waals surface area contributed by atoms with E-state index in [1.165, 1.54) is 24.4 Å². The molecule has 0 unspecified atom stereocenters. The first-order valence-corrected chi connectivity index (χ1v) is 5.47. The largest absolute Gasteiger partial charge is 0.478 e. The van der Waals surface area contributed by atoms with Gasteiger partial charge in [-0.25, -0.2) is 14.2 Å². The topological polar surface area (TPSA) is 85.4 Å². The lowest BCUT2D eigenvalue weighted by molar-refractivity contribution is 0.0697. The molecule has 5 nitrogen and oxygen atoms in total. The number of aromatic nitrogens is 1. The number of carboxylic acid groups (broad SMARTS) is 1. The summed E-state index contributed by atoms with van der Waals surface area (Å²) >= 11 is 5.53. The highest BCUT2D eigenvalue weighted by Crippen LogP contribution is 2.29. The highest BCUT2D eigenvalue weighted by Gasteiger charge is 2.14. The number of carboxylic acids is 1. The number of rotatable bonds is 3. The van der Waals surface area contributed by atoms with Crippen LogP contribution in [0.4, 0.5) is 10.1 Å². The zero-order chi connectivity index (χ0) is 14.0. The number of hydrogen-bond donors (Lipinski definition) is 2. The summed E-state index contributed by atoms with van der Waals surface area (Å²) in [4.78, 5) is 14.7. The van der Waals surface area contributed by atoms with Crippen LogP contribution in [0.25, 0.3) is 0 Å². The maximum Gasteiger partial charge on any atom is 0.338 e. The Labute approximate surface area is 112 Å². The molecular weight excluding hydrogens is 275 g/mol. The second kappa shape index (κ2) is 5.11. The molecule has 0 spiro atoms. The monoisotopic (exact) mass is 282 g/mol. The minimum absolute atomic E-state index is 0.0485. The first-order chi connectivity index (χ1) is 8.99. The van der Waals surface area contributed by atoms with Gasteiger partial charge in [-0.3, -0.25) is 0 Å². The van der Waals surface area contributed by atoms with Gasteiger partial charge >= 0.3 is 5.97 Å². The molecule has 2 aromatic rings. The fourth-order valence-electron chi connectivity index (χ4n) is 1.37. The van der Waals surface area contributed by atoms with Gasteiger partial charge in [0.15, 0.2) is 0 Å². The molecule has 0 aliphatic carbocycles. The van der Waals surface area contributed by atoms with E-state index in [0.29, 0.717) is 0 Å². The molecule has 7 heteroatoms. The number of halogens is 2. The van der Waals surface area contributed by atoms with Gasteiger partial charge in [0, 0.05) is 12.3 Å². The number of nitrogens with two attached hydrogens (primary N) is 1. The fourth-order valence-corrected chi connectivity index (χ4v) is 1.49. The molecule has 3 N–H and O–H groups in total. The number of hydrogen-bond acceptors (Lipinski definition) is 4. The predicted octanol–water partition coefficient (Wildman–Crippen LogP) is 2.95. The molecule has 0 amide bonds. The molecule has 2 rings (SSSR count). The second-order valence-electron chi connectivity index (χ2n) is 3.56. The Morgan fingerprint density at radius 3 is 2.79 bits per heavy atom. The van der Waals surface area contributed by atoms with Crippen LogP contribution in [0.5, 0.6) is 11.6 Å². The van der Waals surface area contributed by atoms with Crippen molar-refractivity contribution in [1.29, 1.82) is 0 Å². The number of carbonyl (C=O) groups is 1. The van der Waals surface area contributed by atoms with Crippen LogP contribution in [0.15, 0.2) is 30.5 Å². The Morgan fingerprint density at radius 1 is 1.42 bits per heavy atom. The lowest BCUT2D eigenvalue weighted by Crippen LogP contribution is -2.05. The molecule has 1 aromatic heterocycles. The molecule has 0 radical (unpaired) electrons. The maximum atomic E-state index is 13.2. The average Bonchev–Trinajstić information content (AvgIpc) is 2.36. The molecular formula is C12H8ClFN2O3. The number of nitrogen functional groups attached to an aromatic ring is 1. The van der Waals surface area contributed by atoms with E-state index < -0.39 is 11.8 Å². The lowest BCUT2D eigenvalue weighted by atomic mass is 10.2. The van der Waals surface area contributed by atoms with Crippen LogP contribution in [-0.4, -0.2) is 16.1 Å². The molecule has 0 atom stereocenters. The summed E-state index contributed by atoms with van der Waals surface area (Å²) in [5.74, 6) is -1.86. The summed E-state index contributed by atoms with van der Waals surface area (Å²) in [6.45, 7) is 0. The zero-order valence-electron chi connectivity index (χ0n) is 9.43. The van der Waals surface area contributed by atoms with Gasteiger partial charge in [0.05, 0.1) is 10.6 Å². The van der Waals surface area contributed by atoms with Crippen molar-refractivity contribution in [2.75, 3.05) is 5.73 Å². The molecule has 0 aliphatic rings. The van der Waals surface area contributed by atoms with Crippen LogP contribution in [0.1, 0.15) is 10.4 Å². The molecule has 98 valence electrons. The molecule has 1 aromatic carbocycles. The highest BCUT2D eigenvalue weighted by atomic mass is 35.5. The fraction of sp³-hybridized carbons (Fsp3) is 0. The van der Waals surface area contributed by atoms with E-state index >= 15 is 0 Å². The Hall–Kier alpha value is -2.34. The minimum atomic E-state index is -1.20. The number of nitrogens with zero attached hydrogens (tertiary/aromatic N) is 1. The molecule has 19 heavy (non-hydrogen) atoms. The lowest BCUT2D eigenvalue weighted by Gasteiger charge is -2.09. The normalized spacial score (nSPS) is 10.2. The second-order valence-corrected chi connectivity index (χ2v) is 3.97. The maximum absolute atomic E-state index is 13.2. The standard InChI is InChI=1S/C12H8ClFN2O3/c13-8-2-1-6(5-9(8)14)19-11-10(15)7(12(17)18)3-4-16-11/h1-5H,15H2,(H,17,18). The van der Waals surface area contributed by atoms with Crippen molar-refractivity contribution in [3.05, 3.63) is 46.9 Å². The smallest absolute Gasteiger partial charge is 0.338 e. The van der Waals surface area contributed by atoms with Gasteiger partial charge in [-0.2, -0.15) is 0 Å². The summed E-state index contributed by atoms with van der Waals surface area (Å²) in [6, 6.07) is 5.02. The van der Waals surface area contributed by atoms with Crippen molar-refractivity contribution >= 4 is 23.3 Å². The molecule has 0 aliphatic heterocycles. The van der Waals surface area contributed by atoms with E-state index in [4.69, 9.17) is 27.2 Å². The highest BCUT2D eigenvalue weighted by molar-refractivity contribution is 6.30. The van der Waals surface area contributed by atoms with Crippen molar-refractivity contribution in [3.8, 4) is 11.6 Å². The third kappa shape index (κ3) is 2.74. The Morgan fingerprint density at radius 2 is 2.16 bits per heavy atom. The van der Waals surface area contributed by atoms with Crippen LogP contribution in [0.2, 0.25) is 5.02 Å². The first-order valence-electron chi connectivity index (χ1n) is 5.09. The number of ether oxygens (including phenoxy) is 1. The Kier molecular flexibility index (Phi) is 3.52. The van der Waals surface area contributed by atoms with Gasteiger partial charge in [0.2, 0.25) is 5.88 Å². The Balaban J connectivity index is 2.35. The van der Waals surface area contributed by atoms with E-state index in [-0.39, 0.29) is 27.9 Å². The molecule has 0 saturated carbocycles. The summed E-state index contributed by atoms with van der Waals surface area (Å²) in [6.07, 6.45) is 1.24. The van der Waals surface area contributed by atoms with Gasteiger partial charge in [-0.05, 0) is 18.2 Å². The van der Waals surface area contributed by atoms with Crippen molar-refractivity contribution < 1.29 is 19.0 Å². The van der Waals surface area contributed by atoms with E-state index in [9.17, 15) is 9.18 Å². The molecule has 0 saturated heterocycles. The van der Waals surface area contributed by atoms with Gasteiger partial charge in [0.1, 0.15) is 17.3 Å². The van der Waals surface area contributed by atoms with Crippen molar-refractivity contribution in [3.63, 3.8) is 0 Å². The Bertz CT molecular complexity index is 649. The van der Waals surface area contributed by atoms with Gasteiger partial charge < -0.3 is 15.6 Å². The third-order valence-corrected chi connectivity index (χ3v) is 2.60. The number of anilines is 1.